The van der Waals surface area contributed by atoms with Crippen LogP contribution in [0.25, 0.3) is 22.2 Å². The third-order valence-corrected chi connectivity index (χ3v) is 6.37. The average molecular weight is 417 g/mol. The highest BCUT2D eigenvalue weighted by atomic mass is 35.5. The van der Waals surface area contributed by atoms with Gasteiger partial charge in [0.25, 0.3) is 5.91 Å². The van der Waals surface area contributed by atoms with Crippen molar-refractivity contribution in [2.75, 3.05) is 13.7 Å². The Morgan fingerprint density at radius 1 is 1.25 bits per heavy atom. The molecular weight excluding hydrogens is 392 g/mol. The summed E-state index contributed by atoms with van der Waals surface area (Å²) in [5.74, 6) is -0.120. The highest BCUT2D eigenvalue weighted by Gasteiger charge is 2.16. The van der Waals surface area contributed by atoms with Gasteiger partial charge in [-0.1, -0.05) is 43.4 Å². The Balaban J connectivity index is 1.90. The van der Waals surface area contributed by atoms with Gasteiger partial charge in [-0.15, -0.1) is 0 Å². The van der Waals surface area contributed by atoms with Crippen LogP contribution in [0.4, 0.5) is 0 Å². The SMILES string of the molecule is CNC(=O)c1ccc(-c2nn(COCC[Si](C)(C)C)c3cnc(Cl)cc23)cc1. The molecule has 0 spiro atoms. The second kappa shape index (κ2) is 8.42. The number of nitrogens with one attached hydrogen (secondary N) is 1. The number of benzene rings is 1. The van der Waals surface area contributed by atoms with Crippen molar-refractivity contribution >= 4 is 36.5 Å². The number of carbonyl (C=O) groups is 1. The minimum Gasteiger partial charge on any atom is -0.360 e. The normalized spacial score (nSPS) is 11.8. The first-order valence-corrected chi connectivity index (χ1v) is 13.3. The van der Waals surface area contributed by atoms with E-state index in [1.807, 2.05) is 22.9 Å². The van der Waals surface area contributed by atoms with E-state index < -0.39 is 8.07 Å². The maximum atomic E-state index is 11.8. The Bertz CT molecular complexity index is 980. The van der Waals surface area contributed by atoms with Crippen molar-refractivity contribution in [3.05, 3.63) is 47.2 Å². The lowest BCUT2D eigenvalue weighted by atomic mass is 10.1. The van der Waals surface area contributed by atoms with Crippen LogP contribution in [0, 0.1) is 0 Å². The number of nitrogens with zero attached hydrogens (tertiary/aromatic N) is 3. The Morgan fingerprint density at radius 2 is 1.96 bits per heavy atom. The molecule has 28 heavy (non-hydrogen) atoms. The van der Waals surface area contributed by atoms with Crippen molar-refractivity contribution in [2.45, 2.75) is 32.4 Å². The summed E-state index contributed by atoms with van der Waals surface area (Å²) in [5, 5.41) is 8.67. The van der Waals surface area contributed by atoms with E-state index in [9.17, 15) is 4.79 Å². The summed E-state index contributed by atoms with van der Waals surface area (Å²) in [6, 6.07) is 10.3. The number of aromatic nitrogens is 3. The van der Waals surface area contributed by atoms with Gasteiger partial charge in [0.05, 0.1) is 11.7 Å². The fourth-order valence-corrected chi connectivity index (χ4v) is 3.73. The molecule has 0 saturated carbocycles. The van der Waals surface area contributed by atoms with Gasteiger partial charge in [-0.25, -0.2) is 9.67 Å². The number of rotatable bonds is 7. The lowest BCUT2D eigenvalue weighted by Crippen LogP contribution is -2.22. The lowest BCUT2D eigenvalue weighted by molar-refractivity contribution is 0.0818. The molecule has 3 rings (SSSR count). The molecule has 1 N–H and O–H groups in total. The van der Waals surface area contributed by atoms with E-state index in [0.717, 1.165) is 28.2 Å². The summed E-state index contributed by atoms with van der Waals surface area (Å²) in [5.41, 5.74) is 3.16. The van der Waals surface area contributed by atoms with Crippen molar-refractivity contribution in [3.63, 3.8) is 0 Å². The van der Waals surface area contributed by atoms with E-state index in [4.69, 9.17) is 21.4 Å². The van der Waals surface area contributed by atoms with Crippen LogP contribution < -0.4 is 5.32 Å². The molecule has 3 aromatic rings. The Labute approximate surface area is 170 Å². The summed E-state index contributed by atoms with van der Waals surface area (Å²) in [4.78, 5) is 16.0. The first kappa shape index (κ1) is 20.5. The number of ether oxygens (including phenoxy) is 1. The van der Waals surface area contributed by atoms with Gasteiger partial charge >= 0.3 is 0 Å². The molecule has 2 heterocycles. The molecule has 148 valence electrons. The number of fused-ring (bicyclic) bond motifs is 1. The van der Waals surface area contributed by atoms with E-state index in [-0.39, 0.29) is 5.91 Å². The second-order valence-corrected chi connectivity index (χ2v) is 13.9. The van der Waals surface area contributed by atoms with Crippen LogP contribution in [-0.2, 0) is 11.5 Å². The largest absolute Gasteiger partial charge is 0.360 e. The molecule has 1 amide bonds. The van der Waals surface area contributed by atoms with Crippen LogP contribution in [0.3, 0.4) is 0 Å². The standard InChI is InChI=1S/C20H25ClN4O2Si/c1-22-20(26)15-7-5-14(6-8-15)19-16-11-18(21)23-12-17(16)25(24-19)13-27-9-10-28(2,3)4/h5-8,11-12H,9-10,13H2,1-4H3,(H,22,26). The van der Waals surface area contributed by atoms with Crippen LogP contribution >= 0.6 is 11.6 Å². The first-order chi connectivity index (χ1) is 13.3. The minimum atomic E-state index is -1.14. The third-order valence-electron chi connectivity index (χ3n) is 4.46. The summed E-state index contributed by atoms with van der Waals surface area (Å²) >= 11 is 6.12. The van der Waals surface area contributed by atoms with E-state index in [1.165, 1.54) is 0 Å². The molecule has 2 aromatic heterocycles. The monoisotopic (exact) mass is 416 g/mol. The Morgan fingerprint density at radius 3 is 2.61 bits per heavy atom. The smallest absolute Gasteiger partial charge is 0.251 e. The molecule has 0 saturated heterocycles. The van der Waals surface area contributed by atoms with Crippen LogP contribution in [0.2, 0.25) is 30.8 Å². The number of pyridine rings is 1. The molecule has 6 nitrogen and oxygen atoms in total. The quantitative estimate of drug-likeness (QED) is 0.351. The molecule has 0 aliphatic rings. The predicted molar refractivity (Wildman–Crippen MR) is 115 cm³/mol. The van der Waals surface area contributed by atoms with Gasteiger partial charge < -0.3 is 10.1 Å². The fourth-order valence-electron chi connectivity index (χ4n) is 2.81. The molecule has 0 aliphatic heterocycles. The molecular formula is C20H25ClN4O2Si. The summed E-state index contributed by atoms with van der Waals surface area (Å²) < 4.78 is 7.68. The van der Waals surface area contributed by atoms with E-state index >= 15 is 0 Å². The average Bonchev–Trinajstić information content (AvgIpc) is 3.01. The topological polar surface area (TPSA) is 69.0 Å². The highest BCUT2D eigenvalue weighted by Crippen LogP contribution is 2.29. The van der Waals surface area contributed by atoms with Crippen molar-refractivity contribution in [2.24, 2.45) is 0 Å². The van der Waals surface area contributed by atoms with E-state index in [2.05, 4.69) is 29.9 Å². The molecule has 0 bridgehead atoms. The van der Waals surface area contributed by atoms with Crippen LogP contribution in [0.5, 0.6) is 0 Å². The van der Waals surface area contributed by atoms with Gasteiger partial charge in [0.15, 0.2) is 0 Å². The zero-order valence-electron chi connectivity index (χ0n) is 16.6. The number of hydrogen-bond acceptors (Lipinski definition) is 4. The number of carbonyl (C=O) groups excluding carboxylic acids is 1. The number of hydrogen-bond donors (Lipinski definition) is 1. The van der Waals surface area contributed by atoms with Gasteiger partial charge in [0.2, 0.25) is 0 Å². The van der Waals surface area contributed by atoms with Gasteiger partial charge in [-0.3, -0.25) is 4.79 Å². The number of halogens is 1. The fraction of sp³-hybridized carbons (Fsp3) is 0.350. The molecule has 0 unspecified atom stereocenters. The number of amides is 1. The zero-order chi connectivity index (χ0) is 20.3. The maximum Gasteiger partial charge on any atom is 0.251 e. The lowest BCUT2D eigenvalue weighted by Gasteiger charge is -2.15. The van der Waals surface area contributed by atoms with Crippen molar-refractivity contribution in [3.8, 4) is 11.3 Å². The zero-order valence-corrected chi connectivity index (χ0v) is 18.4. The molecule has 0 radical (unpaired) electrons. The summed E-state index contributed by atoms with van der Waals surface area (Å²) in [6.45, 7) is 8.05. The summed E-state index contributed by atoms with van der Waals surface area (Å²) in [7, 11) is 0.475. The van der Waals surface area contributed by atoms with Crippen LogP contribution in [-0.4, -0.2) is 42.4 Å². The van der Waals surface area contributed by atoms with Crippen molar-refractivity contribution < 1.29 is 9.53 Å². The maximum absolute atomic E-state index is 11.8. The third kappa shape index (κ3) is 4.78. The molecule has 0 fully saturated rings. The highest BCUT2D eigenvalue weighted by molar-refractivity contribution is 6.76. The predicted octanol–water partition coefficient (Wildman–Crippen LogP) is 4.42. The van der Waals surface area contributed by atoms with Crippen molar-refractivity contribution in [1.82, 2.24) is 20.1 Å². The molecule has 0 aliphatic carbocycles. The van der Waals surface area contributed by atoms with Crippen LogP contribution in [0.1, 0.15) is 10.4 Å². The Kier molecular flexibility index (Phi) is 6.17. The molecule has 1 aromatic carbocycles. The first-order valence-electron chi connectivity index (χ1n) is 9.21. The second-order valence-electron chi connectivity index (χ2n) is 7.88. The van der Waals surface area contributed by atoms with Gasteiger partial charge in [0, 0.05) is 38.2 Å². The van der Waals surface area contributed by atoms with Gasteiger partial charge in [-0.2, -0.15) is 5.10 Å². The van der Waals surface area contributed by atoms with E-state index in [1.54, 1.807) is 25.4 Å². The van der Waals surface area contributed by atoms with E-state index in [0.29, 0.717) is 24.1 Å². The summed E-state index contributed by atoms with van der Waals surface area (Å²) in [6.07, 6.45) is 1.72. The van der Waals surface area contributed by atoms with Crippen molar-refractivity contribution in [1.29, 1.82) is 0 Å². The molecule has 0 atom stereocenters. The van der Waals surface area contributed by atoms with Gasteiger partial charge in [0.1, 0.15) is 17.6 Å². The minimum absolute atomic E-state index is 0.120. The Hall–Kier alpha value is -2.22. The van der Waals surface area contributed by atoms with Crippen LogP contribution in [0.15, 0.2) is 36.5 Å². The molecule has 8 heteroatoms. The van der Waals surface area contributed by atoms with Gasteiger partial charge in [-0.05, 0) is 24.2 Å².